The molecule has 1 nitrogen and oxygen atoms in total. The molecule has 1 heterocycles. The zero-order valence-electron chi connectivity index (χ0n) is 9.58. The van der Waals surface area contributed by atoms with Crippen LogP contribution in [0.2, 0.25) is 0 Å². The highest BCUT2D eigenvalue weighted by atomic mass is 32.2. The Kier molecular flexibility index (Phi) is 3.06. The van der Waals surface area contributed by atoms with Crippen LogP contribution in [0.4, 0.5) is 0 Å². The van der Waals surface area contributed by atoms with Crippen molar-refractivity contribution in [2.45, 2.75) is 26.1 Å². The van der Waals surface area contributed by atoms with Crippen molar-refractivity contribution in [3.8, 4) is 0 Å². The third-order valence-electron chi connectivity index (χ3n) is 2.76. The minimum Gasteiger partial charge on any atom is -0.347 e. The van der Waals surface area contributed by atoms with E-state index in [0.29, 0.717) is 0 Å². The summed E-state index contributed by atoms with van der Waals surface area (Å²) >= 11 is 1.89. The highest BCUT2D eigenvalue weighted by Crippen LogP contribution is 2.25. The predicted octanol–water partition coefficient (Wildman–Crippen LogP) is 3.83. The fourth-order valence-corrected chi connectivity index (χ4v) is 2.56. The molecule has 2 aromatic rings. The van der Waals surface area contributed by atoms with Crippen LogP contribution in [-0.2, 0) is 12.3 Å². The van der Waals surface area contributed by atoms with Gasteiger partial charge >= 0.3 is 0 Å². The van der Waals surface area contributed by atoms with Crippen molar-refractivity contribution in [3.05, 3.63) is 35.5 Å². The van der Waals surface area contributed by atoms with Gasteiger partial charge in [-0.2, -0.15) is 11.8 Å². The van der Waals surface area contributed by atoms with Crippen LogP contribution in [0.1, 0.15) is 18.1 Å². The Labute approximate surface area is 95.5 Å². The molecule has 2 rings (SSSR count). The molecule has 0 unspecified atom stereocenters. The van der Waals surface area contributed by atoms with Gasteiger partial charge in [-0.25, -0.2) is 0 Å². The quantitative estimate of drug-likeness (QED) is 0.759. The summed E-state index contributed by atoms with van der Waals surface area (Å²) in [5.74, 6) is 1.10. The number of benzene rings is 1. The van der Waals surface area contributed by atoms with Crippen LogP contribution in [0.25, 0.3) is 10.9 Å². The van der Waals surface area contributed by atoms with Gasteiger partial charge in [0.25, 0.3) is 0 Å². The summed E-state index contributed by atoms with van der Waals surface area (Å²) in [7, 11) is 0. The monoisotopic (exact) mass is 219 g/mol. The maximum Gasteiger partial charge on any atom is 0.0483 e. The third-order valence-corrected chi connectivity index (χ3v) is 3.36. The minimum atomic E-state index is 1.05. The molecular weight excluding hydrogens is 202 g/mol. The fourth-order valence-electron chi connectivity index (χ4n) is 2.02. The molecule has 0 saturated carbocycles. The Bertz CT molecular complexity index is 471. The summed E-state index contributed by atoms with van der Waals surface area (Å²) in [4.78, 5) is 0. The maximum absolute atomic E-state index is 2.33. The van der Waals surface area contributed by atoms with Gasteiger partial charge in [-0.15, -0.1) is 0 Å². The zero-order valence-corrected chi connectivity index (χ0v) is 10.4. The molecule has 0 bridgehead atoms. The Morgan fingerprint density at radius 2 is 2.13 bits per heavy atom. The molecule has 1 aromatic heterocycles. The SMILES string of the molecule is CCn1cc(CSC)c2cc(C)ccc21. The molecule has 1 aromatic carbocycles. The smallest absolute Gasteiger partial charge is 0.0483 e. The van der Waals surface area contributed by atoms with Crippen LogP contribution in [0, 0.1) is 6.92 Å². The molecule has 0 aliphatic heterocycles. The summed E-state index contributed by atoms with van der Waals surface area (Å²) in [6.45, 7) is 5.40. The van der Waals surface area contributed by atoms with E-state index in [4.69, 9.17) is 0 Å². The number of hydrogen-bond acceptors (Lipinski definition) is 1. The van der Waals surface area contributed by atoms with Gasteiger partial charge < -0.3 is 4.57 Å². The van der Waals surface area contributed by atoms with Crippen molar-refractivity contribution in [2.75, 3.05) is 6.26 Å². The van der Waals surface area contributed by atoms with E-state index >= 15 is 0 Å². The second-order valence-corrected chi connectivity index (χ2v) is 4.76. The second-order valence-electron chi connectivity index (χ2n) is 3.89. The maximum atomic E-state index is 2.33. The van der Waals surface area contributed by atoms with Crippen LogP contribution in [0.15, 0.2) is 24.4 Å². The predicted molar refractivity (Wildman–Crippen MR) is 69.6 cm³/mol. The molecular formula is C13H17NS. The van der Waals surface area contributed by atoms with Crippen LogP contribution in [0.3, 0.4) is 0 Å². The molecule has 0 aliphatic carbocycles. The lowest BCUT2D eigenvalue weighted by molar-refractivity contribution is 0.795. The van der Waals surface area contributed by atoms with Crippen LogP contribution in [-0.4, -0.2) is 10.8 Å². The topological polar surface area (TPSA) is 4.93 Å². The number of hydrogen-bond donors (Lipinski definition) is 0. The van der Waals surface area contributed by atoms with E-state index in [-0.39, 0.29) is 0 Å². The first-order valence-corrected chi connectivity index (χ1v) is 6.73. The van der Waals surface area contributed by atoms with Crippen molar-refractivity contribution in [2.24, 2.45) is 0 Å². The van der Waals surface area contributed by atoms with Gasteiger partial charge in [0.15, 0.2) is 0 Å². The van der Waals surface area contributed by atoms with Crippen molar-refractivity contribution >= 4 is 22.7 Å². The number of rotatable bonds is 3. The van der Waals surface area contributed by atoms with Gasteiger partial charge in [-0.3, -0.25) is 0 Å². The number of aryl methyl sites for hydroxylation is 2. The van der Waals surface area contributed by atoms with E-state index in [1.807, 2.05) is 11.8 Å². The lowest BCUT2D eigenvalue weighted by Crippen LogP contribution is -1.90. The van der Waals surface area contributed by atoms with E-state index in [1.54, 1.807) is 0 Å². The Hall–Kier alpha value is -0.890. The Morgan fingerprint density at radius 3 is 2.80 bits per heavy atom. The van der Waals surface area contributed by atoms with Gasteiger partial charge in [-0.05, 0) is 37.8 Å². The van der Waals surface area contributed by atoms with Crippen molar-refractivity contribution < 1.29 is 0 Å². The number of nitrogens with zero attached hydrogens (tertiary/aromatic N) is 1. The normalized spacial score (nSPS) is 11.1. The molecule has 0 saturated heterocycles. The van der Waals surface area contributed by atoms with Crippen molar-refractivity contribution in [3.63, 3.8) is 0 Å². The van der Waals surface area contributed by atoms with Crippen molar-refractivity contribution in [1.82, 2.24) is 4.57 Å². The lowest BCUT2D eigenvalue weighted by atomic mass is 10.1. The molecule has 0 fully saturated rings. The van der Waals surface area contributed by atoms with Gasteiger partial charge in [0, 0.05) is 29.4 Å². The van der Waals surface area contributed by atoms with E-state index in [0.717, 1.165) is 12.3 Å². The highest BCUT2D eigenvalue weighted by Gasteiger charge is 2.06. The largest absolute Gasteiger partial charge is 0.347 e. The molecule has 0 N–H and O–H groups in total. The lowest BCUT2D eigenvalue weighted by Gasteiger charge is -2.00. The first kappa shape index (κ1) is 10.6. The molecule has 80 valence electrons. The Morgan fingerprint density at radius 1 is 1.33 bits per heavy atom. The van der Waals surface area contributed by atoms with Crippen LogP contribution < -0.4 is 0 Å². The molecule has 2 heteroatoms. The first-order valence-electron chi connectivity index (χ1n) is 5.33. The zero-order chi connectivity index (χ0) is 10.8. The summed E-state index contributed by atoms with van der Waals surface area (Å²) in [5, 5.41) is 1.42. The minimum absolute atomic E-state index is 1.05. The average Bonchev–Trinajstić information content (AvgIpc) is 2.57. The van der Waals surface area contributed by atoms with E-state index in [9.17, 15) is 0 Å². The fraction of sp³-hybridized carbons (Fsp3) is 0.385. The standard InChI is InChI=1S/C13H17NS/c1-4-14-8-11(9-15-3)12-7-10(2)5-6-13(12)14/h5-8H,4,9H2,1-3H3. The second kappa shape index (κ2) is 4.31. The van der Waals surface area contributed by atoms with Gasteiger partial charge in [0.05, 0.1) is 0 Å². The summed E-state index contributed by atoms with van der Waals surface area (Å²) in [6, 6.07) is 6.72. The number of aromatic nitrogens is 1. The summed E-state index contributed by atoms with van der Waals surface area (Å²) < 4.78 is 2.33. The molecule has 0 atom stereocenters. The number of fused-ring (bicyclic) bond motifs is 1. The van der Waals surface area contributed by atoms with E-state index in [1.165, 1.54) is 22.0 Å². The molecule has 0 amide bonds. The summed E-state index contributed by atoms with van der Waals surface area (Å²) in [5.41, 5.74) is 4.17. The van der Waals surface area contributed by atoms with Crippen LogP contribution >= 0.6 is 11.8 Å². The first-order chi connectivity index (χ1) is 7.26. The molecule has 15 heavy (non-hydrogen) atoms. The summed E-state index contributed by atoms with van der Waals surface area (Å²) in [6.07, 6.45) is 4.45. The van der Waals surface area contributed by atoms with Crippen molar-refractivity contribution in [1.29, 1.82) is 0 Å². The Balaban J connectivity index is 2.64. The van der Waals surface area contributed by atoms with E-state index < -0.39 is 0 Å². The average molecular weight is 219 g/mol. The van der Waals surface area contributed by atoms with Gasteiger partial charge in [0.2, 0.25) is 0 Å². The van der Waals surface area contributed by atoms with E-state index in [2.05, 4.69) is 49.1 Å². The highest BCUT2D eigenvalue weighted by molar-refractivity contribution is 7.97. The number of thioether (sulfide) groups is 1. The molecule has 0 aliphatic rings. The van der Waals surface area contributed by atoms with Gasteiger partial charge in [0.1, 0.15) is 0 Å². The third kappa shape index (κ3) is 1.91. The van der Waals surface area contributed by atoms with Gasteiger partial charge in [-0.1, -0.05) is 11.6 Å². The molecule has 0 spiro atoms. The molecule has 0 radical (unpaired) electrons. The van der Waals surface area contributed by atoms with Crippen LogP contribution in [0.5, 0.6) is 0 Å².